The molecule has 12 heteroatoms. The summed E-state index contributed by atoms with van der Waals surface area (Å²) in [5, 5.41) is 7.57. The molecule has 1 aromatic carbocycles. The summed E-state index contributed by atoms with van der Waals surface area (Å²) in [7, 11) is -1.91. The molecule has 0 aliphatic rings. The molecule has 37 heavy (non-hydrogen) atoms. The lowest BCUT2D eigenvalue weighted by Crippen LogP contribution is -2.28. The molecule has 198 valence electrons. The first-order chi connectivity index (χ1) is 17.4. The first-order valence-corrected chi connectivity index (χ1v) is 17.2. The smallest absolute Gasteiger partial charge is 0.250 e. The summed E-state index contributed by atoms with van der Waals surface area (Å²) in [5.41, 5.74) is 2.45. The molecule has 0 radical (unpaired) electrons. The number of ether oxygens (including phenoxy) is 1. The van der Waals surface area contributed by atoms with Gasteiger partial charge >= 0.3 is 0 Å². The Morgan fingerprint density at radius 2 is 1.92 bits per heavy atom. The average Bonchev–Trinajstić information content (AvgIpc) is 3.44. The van der Waals surface area contributed by atoms with Gasteiger partial charge in [0.25, 0.3) is 5.56 Å². The topological polar surface area (TPSA) is 115 Å². The molecule has 4 aromatic rings. The number of imidazole rings is 1. The van der Waals surface area contributed by atoms with E-state index in [1.54, 1.807) is 38.8 Å². The second-order valence-electron chi connectivity index (χ2n) is 10.6. The summed E-state index contributed by atoms with van der Waals surface area (Å²) in [5.74, 6) is 0.554. The van der Waals surface area contributed by atoms with E-state index in [0.29, 0.717) is 29.2 Å². The van der Waals surface area contributed by atoms with Gasteiger partial charge in [0.1, 0.15) is 17.5 Å². The van der Waals surface area contributed by atoms with Crippen molar-refractivity contribution in [1.29, 1.82) is 0 Å². The van der Waals surface area contributed by atoms with Crippen molar-refractivity contribution in [2.45, 2.75) is 50.8 Å². The van der Waals surface area contributed by atoms with Crippen LogP contribution in [0.3, 0.4) is 0 Å². The normalized spacial score (nSPS) is 12.6. The van der Waals surface area contributed by atoms with Crippen LogP contribution in [0.1, 0.15) is 11.3 Å². The third-order valence-electron chi connectivity index (χ3n) is 6.25. The Morgan fingerprint density at radius 1 is 1.16 bits per heavy atom. The van der Waals surface area contributed by atoms with Crippen molar-refractivity contribution < 1.29 is 13.2 Å². The van der Waals surface area contributed by atoms with Gasteiger partial charge in [-0.25, -0.2) is 13.4 Å². The number of hydrogen-bond acceptors (Lipinski definition) is 6. The predicted octanol–water partition coefficient (Wildman–Crippen LogP) is 3.57. The fourth-order valence-electron chi connectivity index (χ4n) is 3.99. The van der Waals surface area contributed by atoms with Crippen molar-refractivity contribution in [2.24, 2.45) is 7.05 Å². The monoisotopic (exact) mass is 542 g/mol. The molecule has 4 rings (SSSR count). The first-order valence-electron chi connectivity index (χ1n) is 12.1. The molecule has 0 bridgehead atoms. The summed E-state index contributed by atoms with van der Waals surface area (Å²) in [4.78, 5) is 17.0. The highest BCUT2D eigenvalue weighted by Crippen LogP contribution is 2.27. The van der Waals surface area contributed by atoms with Crippen LogP contribution in [0.15, 0.2) is 52.5 Å². The molecule has 0 fully saturated rings. The number of sulfonamides is 1. The Hall–Kier alpha value is -3.06. The number of hydrogen-bond donors (Lipinski definition) is 1. The van der Waals surface area contributed by atoms with Gasteiger partial charge in [-0.15, -0.1) is 0 Å². The van der Waals surface area contributed by atoms with E-state index in [9.17, 15) is 13.2 Å². The molecule has 3 aromatic heterocycles. The van der Waals surface area contributed by atoms with Crippen molar-refractivity contribution in [3.05, 3.63) is 64.5 Å². The second kappa shape index (κ2) is 10.4. The van der Waals surface area contributed by atoms with Gasteiger partial charge in [-0.3, -0.25) is 9.89 Å². The highest BCUT2D eigenvalue weighted by atomic mass is 32.2. The number of rotatable bonds is 10. The Labute approximate surface area is 218 Å². The van der Waals surface area contributed by atoms with Crippen LogP contribution in [0.4, 0.5) is 0 Å². The minimum Gasteiger partial charge on any atom is -0.361 e. The Morgan fingerprint density at radius 3 is 2.62 bits per heavy atom. The van der Waals surface area contributed by atoms with Crippen LogP contribution < -0.4 is 5.56 Å². The minimum absolute atomic E-state index is 0.0706. The van der Waals surface area contributed by atoms with Gasteiger partial charge in [0.2, 0.25) is 10.0 Å². The van der Waals surface area contributed by atoms with Gasteiger partial charge in [-0.1, -0.05) is 19.6 Å². The van der Waals surface area contributed by atoms with Crippen molar-refractivity contribution in [3.63, 3.8) is 0 Å². The van der Waals surface area contributed by atoms with E-state index in [2.05, 4.69) is 34.8 Å². The van der Waals surface area contributed by atoms with Crippen LogP contribution in [0.5, 0.6) is 0 Å². The zero-order chi connectivity index (χ0) is 27.0. The Bertz CT molecular complexity index is 1580. The summed E-state index contributed by atoms with van der Waals surface area (Å²) < 4.78 is 37.9. The lowest BCUT2D eigenvalue weighted by molar-refractivity contribution is 0.0857. The summed E-state index contributed by atoms with van der Waals surface area (Å²) in [6, 6.07) is 7.87. The largest absolute Gasteiger partial charge is 0.361 e. The highest BCUT2D eigenvalue weighted by Gasteiger charge is 2.26. The van der Waals surface area contributed by atoms with Crippen LogP contribution in [-0.4, -0.2) is 58.8 Å². The number of nitrogens with one attached hydrogen (secondary N) is 1. The fraction of sp³-hybridized carbons (Fsp3) is 0.400. The predicted molar refractivity (Wildman–Crippen MR) is 146 cm³/mol. The van der Waals surface area contributed by atoms with E-state index in [1.165, 1.54) is 14.9 Å². The van der Waals surface area contributed by atoms with Crippen molar-refractivity contribution in [2.75, 3.05) is 13.7 Å². The molecule has 0 unspecified atom stereocenters. The molecule has 0 atom stereocenters. The van der Waals surface area contributed by atoms with Crippen LogP contribution in [0, 0.1) is 6.92 Å². The standard InChI is InChI=1S/C25H34N6O4SSi/c1-18-11-20-14-27-28-24(20)22(12-18)36(33,34)30(3)16-21-15-26-25(19-7-8-29(2)23(32)13-19)31(21)17-35-9-10-37(4,5)6/h7-8,11-15H,9-10,16-17H2,1-6H3,(H,27,28). The van der Waals surface area contributed by atoms with E-state index in [-0.39, 0.29) is 23.7 Å². The molecule has 0 amide bonds. The summed E-state index contributed by atoms with van der Waals surface area (Å²) >= 11 is 0. The molecule has 3 heterocycles. The van der Waals surface area contributed by atoms with E-state index < -0.39 is 18.1 Å². The maximum Gasteiger partial charge on any atom is 0.250 e. The van der Waals surface area contributed by atoms with Gasteiger partial charge in [0.05, 0.1) is 30.1 Å². The zero-order valence-electron chi connectivity index (χ0n) is 22.1. The average molecular weight is 543 g/mol. The number of nitrogens with zero attached hydrogens (tertiary/aromatic N) is 5. The number of pyridine rings is 1. The molecular formula is C25H34N6O4SSi. The van der Waals surface area contributed by atoms with Gasteiger partial charge in [-0.05, 0) is 36.7 Å². The molecule has 10 nitrogen and oxygen atoms in total. The molecule has 0 aliphatic carbocycles. The fourth-order valence-corrected chi connectivity index (χ4v) is 6.14. The third kappa shape index (κ3) is 5.93. The van der Waals surface area contributed by atoms with E-state index in [0.717, 1.165) is 17.0 Å². The zero-order valence-corrected chi connectivity index (χ0v) is 24.0. The number of H-pyrrole nitrogens is 1. The highest BCUT2D eigenvalue weighted by molar-refractivity contribution is 7.89. The number of aromatic amines is 1. The maximum atomic E-state index is 13.6. The summed E-state index contributed by atoms with van der Waals surface area (Å²) in [6.07, 6.45) is 4.94. The number of aromatic nitrogens is 5. The Balaban J connectivity index is 1.67. The minimum atomic E-state index is -3.85. The van der Waals surface area contributed by atoms with Gasteiger partial charge in [0, 0.05) is 52.0 Å². The van der Waals surface area contributed by atoms with Crippen LogP contribution in [0.25, 0.3) is 22.3 Å². The number of benzene rings is 1. The van der Waals surface area contributed by atoms with Crippen LogP contribution >= 0.6 is 0 Å². The van der Waals surface area contributed by atoms with Crippen molar-refractivity contribution in [3.8, 4) is 11.4 Å². The third-order valence-corrected chi connectivity index (χ3v) is 9.78. The van der Waals surface area contributed by atoms with E-state index >= 15 is 0 Å². The van der Waals surface area contributed by atoms with Crippen molar-refractivity contribution in [1.82, 2.24) is 28.6 Å². The molecular weight excluding hydrogens is 508 g/mol. The van der Waals surface area contributed by atoms with Crippen LogP contribution in [-0.2, 0) is 35.1 Å². The quantitative estimate of drug-likeness (QED) is 0.242. The molecule has 0 saturated carbocycles. The van der Waals surface area contributed by atoms with Gasteiger partial charge in [-0.2, -0.15) is 9.40 Å². The molecule has 0 spiro atoms. The van der Waals surface area contributed by atoms with E-state index in [1.807, 2.05) is 23.6 Å². The lowest BCUT2D eigenvalue weighted by atomic mass is 10.2. The maximum absolute atomic E-state index is 13.6. The van der Waals surface area contributed by atoms with Gasteiger partial charge < -0.3 is 13.9 Å². The van der Waals surface area contributed by atoms with Gasteiger partial charge in [0.15, 0.2) is 0 Å². The molecule has 0 saturated heterocycles. The first kappa shape index (κ1) is 27.0. The molecule has 0 aliphatic heterocycles. The number of fused-ring (bicyclic) bond motifs is 1. The second-order valence-corrected chi connectivity index (χ2v) is 18.2. The SMILES string of the molecule is Cc1cc(S(=O)(=O)N(C)Cc2cnc(-c3ccn(C)c(=O)c3)n2COCC[Si](C)(C)C)c2[nH]ncc2c1. The lowest BCUT2D eigenvalue weighted by Gasteiger charge is -2.20. The summed E-state index contributed by atoms with van der Waals surface area (Å²) in [6.45, 7) is 9.58. The van der Waals surface area contributed by atoms with Crippen molar-refractivity contribution >= 4 is 29.0 Å². The molecule has 1 N–H and O–H groups in total. The number of aryl methyl sites for hydroxylation is 2. The Kier molecular flexibility index (Phi) is 7.56. The van der Waals surface area contributed by atoms with Crippen LogP contribution in [0.2, 0.25) is 25.7 Å². The van der Waals surface area contributed by atoms with E-state index in [4.69, 9.17) is 4.74 Å².